The molecule has 1 aromatic heterocycles. The van der Waals surface area contributed by atoms with E-state index in [1.54, 1.807) is 13.3 Å². The fourth-order valence-electron chi connectivity index (χ4n) is 1.75. The van der Waals surface area contributed by atoms with E-state index in [4.69, 9.17) is 15.9 Å². The van der Waals surface area contributed by atoms with Crippen molar-refractivity contribution >= 4 is 5.84 Å². The van der Waals surface area contributed by atoms with Crippen LogP contribution in [0, 0.1) is 12.3 Å². The minimum Gasteiger partial charge on any atom is -0.493 e. The van der Waals surface area contributed by atoms with Crippen LogP contribution in [0.15, 0.2) is 30.6 Å². The number of aryl methyl sites for hydroxylation is 1. The van der Waals surface area contributed by atoms with Crippen molar-refractivity contribution in [2.75, 3.05) is 7.11 Å². The number of aromatic nitrogens is 2. The Bertz CT molecular complexity index is 574. The number of nitrogen functional groups attached to an aromatic ring is 1. The number of nitrogens with two attached hydrogens (primary N) is 1. The zero-order valence-corrected chi connectivity index (χ0v) is 10.5. The fourth-order valence-corrected chi connectivity index (χ4v) is 1.75. The highest BCUT2D eigenvalue weighted by molar-refractivity contribution is 5.95. The summed E-state index contributed by atoms with van der Waals surface area (Å²) in [6.45, 7) is 2.68. The van der Waals surface area contributed by atoms with Gasteiger partial charge >= 0.3 is 0 Å². The van der Waals surface area contributed by atoms with E-state index >= 15 is 0 Å². The minimum atomic E-state index is 0.0883. The van der Waals surface area contributed by atoms with Crippen LogP contribution >= 0.6 is 0 Å². The van der Waals surface area contributed by atoms with E-state index in [0.717, 1.165) is 22.4 Å². The molecule has 2 rings (SSSR count). The maximum absolute atomic E-state index is 7.40. The zero-order chi connectivity index (χ0) is 13.1. The Morgan fingerprint density at radius 3 is 2.83 bits per heavy atom. The van der Waals surface area contributed by atoms with Gasteiger partial charge in [0.05, 0.1) is 26.0 Å². The van der Waals surface area contributed by atoms with Crippen LogP contribution in [0.25, 0.3) is 0 Å². The molecule has 0 atom stereocenters. The van der Waals surface area contributed by atoms with E-state index < -0.39 is 0 Å². The molecule has 0 radical (unpaired) electrons. The van der Waals surface area contributed by atoms with Crippen molar-refractivity contribution in [2.24, 2.45) is 5.73 Å². The molecule has 2 aromatic rings. The minimum absolute atomic E-state index is 0.0883. The molecule has 0 unspecified atom stereocenters. The summed E-state index contributed by atoms with van der Waals surface area (Å²) >= 11 is 0. The number of amidine groups is 1. The summed E-state index contributed by atoms with van der Waals surface area (Å²) in [4.78, 5) is 0. The van der Waals surface area contributed by atoms with Gasteiger partial charge in [0, 0.05) is 5.56 Å². The van der Waals surface area contributed by atoms with Crippen molar-refractivity contribution in [1.82, 2.24) is 9.78 Å². The van der Waals surface area contributed by atoms with Gasteiger partial charge in [-0.2, -0.15) is 5.10 Å². The molecule has 0 spiro atoms. The lowest BCUT2D eigenvalue weighted by atomic mass is 10.0. The molecular formula is C13H16N4O. The lowest BCUT2D eigenvalue weighted by molar-refractivity contribution is 0.414. The first-order valence-corrected chi connectivity index (χ1v) is 5.60. The second-order valence-electron chi connectivity index (χ2n) is 4.13. The lowest BCUT2D eigenvalue weighted by Gasteiger charge is -2.08. The first-order chi connectivity index (χ1) is 8.60. The van der Waals surface area contributed by atoms with Crippen molar-refractivity contribution in [3.8, 4) is 5.75 Å². The van der Waals surface area contributed by atoms with Crippen LogP contribution in [0.5, 0.6) is 5.75 Å². The highest BCUT2D eigenvalue weighted by atomic mass is 16.5. The van der Waals surface area contributed by atoms with Gasteiger partial charge in [-0.3, -0.25) is 10.1 Å². The number of rotatable bonds is 4. The van der Waals surface area contributed by atoms with E-state index in [9.17, 15) is 0 Å². The van der Waals surface area contributed by atoms with Gasteiger partial charge in [-0.05, 0) is 24.1 Å². The number of hydrogen-bond donors (Lipinski definition) is 2. The molecular weight excluding hydrogens is 228 g/mol. The van der Waals surface area contributed by atoms with Crippen molar-refractivity contribution in [3.63, 3.8) is 0 Å². The topological polar surface area (TPSA) is 76.9 Å². The third-order valence-electron chi connectivity index (χ3n) is 2.83. The van der Waals surface area contributed by atoms with Crippen molar-refractivity contribution < 1.29 is 4.74 Å². The molecule has 1 heterocycles. The molecule has 1 aromatic carbocycles. The second-order valence-corrected chi connectivity index (χ2v) is 4.13. The summed E-state index contributed by atoms with van der Waals surface area (Å²) in [5.74, 6) is 0.832. The molecule has 5 nitrogen and oxygen atoms in total. The highest BCUT2D eigenvalue weighted by Gasteiger charge is 2.04. The van der Waals surface area contributed by atoms with Gasteiger partial charge in [-0.25, -0.2) is 0 Å². The predicted molar refractivity (Wildman–Crippen MR) is 70.1 cm³/mol. The lowest BCUT2D eigenvalue weighted by Crippen LogP contribution is -2.12. The van der Waals surface area contributed by atoms with Crippen LogP contribution in [-0.2, 0) is 6.54 Å². The number of nitrogens with zero attached hydrogens (tertiary/aromatic N) is 2. The number of ether oxygens (including phenoxy) is 1. The summed E-state index contributed by atoms with van der Waals surface area (Å²) in [6, 6.07) is 5.74. The third kappa shape index (κ3) is 2.51. The second kappa shape index (κ2) is 4.91. The van der Waals surface area contributed by atoms with Crippen LogP contribution in [0.3, 0.4) is 0 Å². The Hall–Kier alpha value is -2.30. The molecule has 0 saturated heterocycles. The van der Waals surface area contributed by atoms with E-state index in [0.29, 0.717) is 6.54 Å². The SMILES string of the molecule is COc1cnn(Cc2ccc(C(=N)N)cc2C)c1. The largest absolute Gasteiger partial charge is 0.493 e. The summed E-state index contributed by atoms with van der Waals surface area (Å²) in [5.41, 5.74) is 8.44. The van der Waals surface area contributed by atoms with Gasteiger partial charge in [0.15, 0.2) is 5.75 Å². The summed E-state index contributed by atoms with van der Waals surface area (Å²) in [6.07, 6.45) is 3.53. The van der Waals surface area contributed by atoms with Crippen LogP contribution in [0.4, 0.5) is 0 Å². The molecule has 0 bridgehead atoms. The Balaban J connectivity index is 2.21. The summed E-state index contributed by atoms with van der Waals surface area (Å²) in [7, 11) is 1.62. The Morgan fingerprint density at radius 1 is 1.50 bits per heavy atom. The van der Waals surface area contributed by atoms with E-state index in [1.807, 2.05) is 36.0 Å². The summed E-state index contributed by atoms with van der Waals surface area (Å²) in [5, 5.41) is 11.6. The maximum atomic E-state index is 7.40. The average Bonchev–Trinajstić information content (AvgIpc) is 2.79. The van der Waals surface area contributed by atoms with Gasteiger partial charge in [-0.15, -0.1) is 0 Å². The Kier molecular flexibility index (Phi) is 3.32. The van der Waals surface area contributed by atoms with Gasteiger partial charge in [0.1, 0.15) is 5.84 Å². The van der Waals surface area contributed by atoms with Crippen LogP contribution < -0.4 is 10.5 Å². The molecule has 3 N–H and O–H groups in total. The predicted octanol–water partition coefficient (Wildman–Crippen LogP) is 1.53. The summed E-state index contributed by atoms with van der Waals surface area (Å²) < 4.78 is 6.90. The van der Waals surface area contributed by atoms with Crippen LogP contribution in [0.2, 0.25) is 0 Å². The zero-order valence-electron chi connectivity index (χ0n) is 10.5. The molecule has 0 aliphatic heterocycles. The van der Waals surface area contributed by atoms with Gasteiger partial charge < -0.3 is 10.5 Å². The molecule has 0 aliphatic carbocycles. The first kappa shape index (κ1) is 12.2. The van der Waals surface area contributed by atoms with Crippen LogP contribution in [0.1, 0.15) is 16.7 Å². The van der Waals surface area contributed by atoms with Crippen molar-refractivity contribution in [3.05, 3.63) is 47.3 Å². The number of hydrogen-bond acceptors (Lipinski definition) is 3. The van der Waals surface area contributed by atoms with E-state index in [2.05, 4.69) is 5.10 Å². The monoisotopic (exact) mass is 244 g/mol. The molecule has 0 saturated carbocycles. The van der Waals surface area contributed by atoms with Gasteiger partial charge in [-0.1, -0.05) is 12.1 Å². The first-order valence-electron chi connectivity index (χ1n) is 5.60. The number of nitrogens with one attached hydrogen (secondary N) is 1. The molecule has 0 fully saturated rings. The normalized spacial score (nSPS) is 10.3. The number of benzene rings is 1. The smallest absolute Gasteiger partial charge is 0.156 e. The molecule has 0 aliphatic rings. The standard InChI is InChI=1S/C13H16N4O/c1-9-5-10(13(14)15)3-4-11(9)7-17-8-12(18-2)6-16-17/h3-6,8H,7H2,1-2H3,(H3,14,15). The molecule has 5 heteroatoms. The molecule has 18 heavy (non-hydrogen) atoms. The quantitative estimate of drug-likeness (QED) is 0.632. The van der Waals surface area contributed by atoms with Crippen LogP contribution in [-0.4, -0.2) is 22.7 Å². The molecule has 0 amide bonds. The van der Waals surface area contributed by atoms with Crippen molar-refractivity contribution in [2.45, 2.75) is 13.5 Å². The van der Waals surface area contributed by atoms with Gasteiger partial charge in [0.25, 0.3) is 0 Å². The maximum Gasteiger partial charge on any atom is 0.156 e. The van der Waals surface area contributed by atoms with Crippen molar-refractivity contribution in [1.29, 1.82) is 5.41 Å². The van der Waals surface area contributed by atoms with Gasteiger partial charge in [0.2, 0.25) is 0 Å². The average molecular weight is 244 g/mol. The highest BCUT2D eigenvalue weighted by Crippen LogP contribution is 2.14. The van der Waals surface area contributed by atoms with E-state index in [-0.39, 0.29) is 5.84 Å². The Morgan fingerprint density at radius 2 is 2.28 bits per heavy atom. The fraction of sp³-hybridized carbons (Fsp3) is 0.231. The third-order valence-corrected chi connectivity index (χ3v) is 2.83. The Labute approximate surface area is 106 Å². The number of methoxy groups -OCH3 is 1. The van der Waals surface area contributed by atoms with E-state index in [1.165, 1.54) is 0 Å². The molecule has 94 valence electrons.